The Morgan fingerprint density at radius 3 is 2.04 bits per heavy atom. The Kier molecular flexibility index (Phi) is 13.0. The van der Waals surface area contributed by atoms with E-state index in [-0.39, 0.29) is 24.1 Å². The van der Waals surface area contributed by atoms with Crippen LogP contribution in [0.4, 0.5) is 4.79 Å². The van der Waals surface area contributed by atoms with Gasteiger partial charge in [-0.15, -0.1) is 0 Å². The van der Waals surface area contributed by atoms with E-state index in [9.17, 15) is 19.2 Å². The van der Waals surface area contributed by atoms with E-state index in [1.54, 1.807) is 45.8 Å². The quantitative estimate of drug-likeness (QED) is 0.258. The smallest absolute Gasteiger partial charge is 0.408 e. The summed E-state index contributed by atoms with van der Waals surface area (Å²) in [5.41, 5.74) is 0.526. The number of nitrogens with one attached hydrogen (secondary N) is 1. The number of rotatable bonds is 12. The molecule has 1 N–H and O–H groups in total. The van der Waals surface area contributed by atoms with Gasteiger partial charge in [-0.05, 0) is 76.1 Å². The lowest BCUT2D eigenvalue weighted by molar-refractivity contribution is -0.149. The van der Waals surface area contributed by atoms with E-state index in [0.717, 1.165) is 35.0 Å². The fourth-order valence-corrected chi connectivity index (χ4v) is 6.19. The molecular weight excluding hydrogens is 642 g/mol. The molecule has 4 rings (SSSR count). The zero-order valence-corrected chi connectivity index (χ0v) is 31.5. The summed E-state index contributed by atoms with van der Waals surface area (Å²) < 4.78 is 5.40. The third-order valence-electron chi connectivity index (χ3n) is 9.26. The van der Waals surface area contributed by atoms with Crippen LogP contribution in [-0.4, -0.2) is 114 Å². The summed E-state index contributed by atoms with van der Waals surface area (Å²) in [6.45, 7) is 11.8. The molecule has 0 bridgehead atoms. The standard InChI is InChI=1S/C41H55N5O5/c1-40(2,3)51-39(50)42-41(4,5)22-14-19-36(47)44(7)34(29-31-20-21-32-17-12-13-18-33(32)27-31)37(48)45(8)35(28-30-15-10-9-11-16-30)38(49)46-25-23-43(6)24-26-46/h9-21,27,34-35H,22-26,28-29H2,1-8H3,(H,42,50)/b19-14+/t34-,35-/m1/s1. The number of piperazine rings is 1. The van der Waals surface area contributed by atoms with Gasteiger partial charge in [0.15, 0.2) is 0 Å². The first-order valence-electron chi connectivity index (χ1n) is 17.7. The van der Waals surface area contributed by atoms with Crippen molar-refractivity contribution in [3.8, 4) is 0 Å². The Morgan fingerprint density at radius 2 is 1.39 bits per heavy atom. The minimum Gasteiger partial charge on any atom is -0.444 e. The van der Waals surface area contributed by atoms with Crippen molar-refractivity contribution >= 4 is 34.6 Å². The molecule has 1 aliphatic heterocycles. The lowest BCUT2D eigenvalue weighted by atomic mass is 9.98. The molecule has 3 aromatic carbocycles. The highest BCUT2D eigenvalue weighted by Crippen LogP contribution is 2.21. The summed E-state index contributed by atoms with van der Waals surface area (Å²) in [5, 5.41) is 4.97. The molecule has 51 heavy (non-hydrogen) atoms. The molecule has 0 radical (unpaired) electrons. The summed E-state index contributed by atoms with van der Waals surface area (Å²) in [7, 11) is 5.34. The molecule has 0 aromatic heterocycles. The minimum atomic E-state index is -0.889. The van der Waals surface area contributed by atoms with Crippen molar-refractivity contribution in [2.75, 3.05) is 47.3 Å². The SMILES string of the molecule is CN1CCN(C(=O)[C@@H](Cc2ccccc2)N(C)C(=O)[C@@H](Cc2ccc3ccccc3c2)N(C)C(=O)/C=C/CC(C)(C)NC(=O)OC(C)(C)C)CC1. The molecule has 10 nitrogen and oxygen atoms in total. The summed E-state index contributed by atoms with van der Waals surface area (Å²) in [4.78, 5) is 62.0. The number of hydrogen-bond acceptors (Lipinski definition) is 6. The topological polar surface area (TPSA) is 103 Å². The molecule has 10 heteroatoms. The molecule has 1 saturated heterocycles. The van der Waals surface area contributed by atoms with Crippen LogP contribution in [0.2, 0.25) is 0 Å². The van der Waals surface area contributed by atoms with Gasteiger partial charge in [-0.2, -0.15) is 0 Å². The second-order valence-electron chi connectivity index (χ2n) is 15.3. The van der Waals surface area contributed by atoms with Crippen molar-refractivity contribution in [3.63, 3.8) is 0 Å². The van der Waals surface area contributed by atoms with E-state index in [1.165, 1.54) is 11.0 Å². The number of ether oxygens (including phenoxy) is 1. The van der Waals surface area contributed by atoms with Crippen LogP contribution in [-0.2, 0) is 32.0 Å². The van der Waals surface area contributed by atoms with Crippen molar-refractivity contribution in [2.45, 2.75) is 77.1 Å². The summed E-state index contributed by atoms with van der Waals surface area (Å²) >= 11 is 0. The van der Waals surface area contributed by atoms with Crippen molar-refractivity contribution in [2.24, 2.45) is 0 Å². The number of fused-ring (bicyclic) bond motifs is 1. The highest BCUT2D eigenvalue weighted by molar-refractivity contribution is 5.95. The number of carbonyl (C=O) groups excluding carboxylic acids is 4. The minimum absolute atomic E-state index is 0.0964. The van der Waals surface area contributed by atoms with Crippen molar-refractivity contribution in [1.29, 1.82) is 0 Å². The number of hydrogen-bond donors (Lipinski definition) is 1. The normalized spacial score (nSPS) is 15.3. The first-order valence-corrected chi connectivity index (χ1v) is 17.7. The zero-order valence-electron chi connectivity index (χ0n) is 31.5. The molecule has 274 valence electrons. The molecule has 3 aromatic rings. The highest BCUT2D eigenvalue weighted by Gasteiger charge is 2.37. The van der Waals surface area contributed by atoms with Crippen LogP contribution < -0.4 is 5.32 Å². The van der Waals surface area contributed by atoms with Crippen molar-refractivity contribution in [1.82, 2.24) is 24.9 Å². The number of likely N-dealkylation sites (N-methyl/N-ethyl adjacent to an activating group) is 3. The van der Waals surface area contributed by atoms with Crippen LogP contribution in [0.3, 0.4) is 0 Å². The molecule has 0 unspecified atom stereocenters. The van der Waals surface area contributed by atoms with Gasteiger partial charge in [-0.3, -0.25) is 14.4 Å². The Hall–Kier alpha value is -4.70. The van der Waals surface area contributed by atoms with Gasteiger partial charge in [0.05, 0.1) is 0 Å². The van der Waals surface area contributed by atoms with E-state index in [4.69, 9.17) is 4.74 Å². The highest BCUT2D eigenvalue weighted by atomic mass is 16.6. The monoisotopic (exact) mass is 697 g/mol. The molecule has 1 fully saturated rings. The summed E-state index contributed by atoms with van der Waals surface area (Å²) in [6, 6.07) is 22.2. The lowest BCUT2D eigenvalue weighted by Gasteiger charge is -2.39. The van der Waals surface area contributed by atoms with Crippen LogP contribution in [0.5, 0.6) is 0 Å². The van der Waals surface area contributed by atoms with Crippen LogP contribution in [0.15, 0.2) is 84.9 Å². The third kappa shape index (κ3) is 11.4. The Balaban J connectivity index is 1.60. The predicted molar refractivity (Wildman–Crippen MR) is 202 cm³/mol. The average Bonchev–Trinajstić information content (AvgIpc) is 3.07. The Labute approximate surface area is 303 Å². The van der Waals surface area contributed by atoms with Gasteiger partial charge in [0, 0.05) is 58.7 Å². The van der Waals surface area contributed by atoms with Gasteiger partial charge < -0.3 is 29.7 Å². The molecule has 4 amide bonds. The summed E-state index contributed by atoms with van der Waals surface area (Å²) in [6.07, 6.45) is 3.57. The molecule has 0 spiro atoms. The van der Waals surface area contributed by atoms with Gasteiger partial charge in [0.1, 0.15) is 17.7 Å². The molecule has 2 atom stereocenters. The number of amides is 4. The molecule has 0 saturated carbocycles. The van der Waals surface area contributed by atoms with E-state index < -0.39 is 29.3 Å². The number of alkyl carbamates (subject to hydrolysis) is 1. The maximum atomic E-state index is 14.7. The van der Waals surface area contributed by atoms with Crippen LogP contribution in [0, 0.1) is 0 Å². The van der Waals surface area contributed by atoms with Gasteiger partial charge in [0.2, 0.25) is 17.7 Å². The molecular formula is C41H55N5O5. The van der Waals surface area contributed by atoms with Crippen molar-refractivity contribution < 1.29 is 23.9 Å². The maximum Gasteiger partial charge on any atom is 0.408 e. The second kappa shape index (κ2) is 17.0. The van der Waals surface area contributed by atoms with E-state index in [1.807, 2.05) is 98.6 Å². The van der Waals surface area contributed by atoms with E-state index in [0.29, 0.717) is 25.9 Å². The number of carbonyl (C=O) groups is 4. The number of benzene rings is 3. The Morgan fingerprint density at radius 1 is 0.784 bits per heavy atom. The second-order valence-corrected chi connectivity index (χ2v) is 15.3. The fourth-order valence-electron chi connectivity index (χ4n) is 6.19. The molecule has 1 heterocycles. The number of nitrogens with zero attached hydrogens (tertiary/aromatic N) is 4. The fraction of sp³-hybridized carbons (Fsp3) is 0.463. The third-order valence-corrected chi connectivity index (χ3v) is 9.26. The van der Waals surface area contributed by atoms with Gasteiger partial charge >= 0.3 is 6.09 Å². The van der Waals surface area contributed by atoms with Crippen LogP contribution >= 0.6 is 0 Å². The van der Waals surface area contributed by atoms with Gasteiger partial charge in [0.25, 0.3) is 0 Å². The first kappa shape index (κ1) is 39.1. The van der Waals surface area contributed by atoms with Gasteiger partial charge in [-0.25, -0.2) is 4.79 Å². The largest absolute Gasteiger partial charge is 0.444 e. The van der Waals surface area contributed by atoms with E-state index in [2.05, 4.69) is 10.2 Å². The van der Waals surface area contributed by atoms with Crippen LogP contribution in [0.1, 0.15) is 52.2 Å². The zero-order chi connectivity index (χ0) is 37.3. The molecule has 1 aliphatic rings. The lowest BCUT2D eigenvalue weighted by Crippen LogP contribution is -2.58. The molecule has 0 aliphatic carbocycles. The van der Waals surface area contributed by atoms with Crippen LogP contribution in [0.25, 0.3) is 10.8 Å². The average molecular weight is 698 g/mol. The predicted octanol–water partition coefficient (Wildman–Crippen LogP) is 5.30. The van der Waals surface area contributed by atoms with E-state index >= 15 is 0 Å². The summed E-state index contributed by atoms with van der Waals surface area (Å²) in [5.74, 6) is -0.774. The van der Waals surface area contributed by atoms with Crippen molar-refractivity contribution in [3.05, 3.63) is 96.1 Å². The first-order chi connectivity index (χ1) is 24.0. The maximum absolute atomic E-state index is 14.7. The Bertz CT molecular complexity index is 1690. The van der Waals surface area contributed by atoms with Gasteiger partial charge in [-0.1, -0.05) is 78.9 Å².